The molecule has 0 aliphatic carbocycles. The molecule has 0 spiro atoms. The van der Waals surface area contributed by atoms with Gasteiger partial charge in [0.1, 0.15) is 5.82 Å². The lowest BCUT2D eigenvalue weighted by molar-refractivity contribution is 0.106. The minimum absolute atomic E-state index is 0.00980. The van der Waals surface area contributed by atoms with Crippen molar-refractivity contribution in [3.05, 3.63) is 71.9 Å². The van der Waals surface area contributed by atoms with Gasteiger partial charge in [0.05, 0.1) is 24.9 Å². The molecule has 0 bridgehead atoms. The summed E-state index contributed by atoms with van der Waals surface area (Å²) < 4.78 is 45.6. The molecule has 8 heteroatoms. The number of rotatable bonds is 6. The van der Waals surface area contributed by atoms with Gasteiger partial charge in [-0.25, -0.2) is 23.1 Å². The maximum Gasteiger partial charge on any atom is 0.225 e. The fraction of sp³-hybridized carbons (Fsp3) is 0.286. The normalized spacial score (nSPS) is 16.4. The van der Waals surface area contributed by atoms with Crippen LogP contribution in [-0.2, 0) is 11.3 Å². The Morgan fingerprint density at radius 2 is 1.79 bits per heavy atom. The topological polar surface area (TPSA) is 51.1 Å². The van der Waals surface area contributed by atoms with Crippen LogP contribution in [0, 0.1) is 17.5 Å². The Kier molecular flexibility index (Phi) is 5.71. The molecule has 2 aromatic heterocycles. The summed E-state index contributed by atoms with van der Waals surface area (Å²) in [5, 5.41) is 0. The third-order valence-corrected chi connectivity index (χ3v) is 4.89. The molecule has 1 saturated heterocycles. The van der Waals surface area contributed by atoms with E-state index in [9.17, 15) is 13.2 Å². The minimum Gasteiger partial charge on any atom is -0.375 e. The van der Waals surface area contributed by atoms with E-state index in [4.69, 9.17) is 4.74 Å². The Morgan fingerprint density at radius 3 is 2.55 bits per heavy atom. The molecule has 1 fully saturated rings. The summed E-state index contributed by atoms with van der Waals surface area (Å²) in [7, 11) is 0. The molecule has 1 aliphatic heterocycles. The van der Waals surface area contributed by atoms with Crippen LogP contribution in [0.25, 0.3) is 11.3 Å². The van der Waals surface area contributed by atoms with Crippen LogP contribution in [-0.4, -0.2) is 34.1 Å². The summed E-state index contributed by atoms with van der Waals surface area (Å²) in [6.07, 6.45) is 7.02. The zero-order chi connectivity index (χ0) is 20.2. The Labute approximate surface area is 166 Å². The van der Waals surface area contributed by atoms with Gasteiger partial charge in [0.2, 0.25) is 5.95 Å². The zero-order valence-electron chi connectivity index (χ0n) is 15.6. The van der Waals surface area contributed by atoms with Crippen molar-refractivity contribution in [2.75, 3.05) is 18.1 Å². The summed E-state index contributed by atoms with van der Waals surface area (Å²) in [6.45, 7) is 0.965. The summed E-state index contributed by atoms with van der Waals surface area (Å²) in [6, 6.07) is 7.04. The van der Waals surface area contributed by atoms with E-state index in [2.05, 4.69) is 15.0 Å². The number of pyridine rings is 1. The van der Waals surface area contributed by atoms with Gasteiger partial charge in [-0.3, -0.25) is 4.98 Å². The number of ether oxygens (including phenoxy) is 1. The van der Waals surface area contributed by atoms with Crippen molar-refractivity contribution in [2.24, 2.45) is 0 Å². The lowest BCUT2D eigenvalue weighted by atomic mass is 10.2. The van der Waals surface area contributed by atoms with Crippen molar-refractivity contribution in [3.8, 4) is 11.3 Å². The van der Waals surface area contributed by atoms with Crippen LogP contribution in [0.15, 0.2) is 48.9 Å². The third kappa shape index (κ3) is 4.37. The standard InChI is InChI=1S/C21H19F3N4O/c22-17-9-19(24)18(23)8-14(17)12-29-13-16-4-3-7-28(16)21-26-10-15(11-27-21)20-5-1-2-6-25-20/h1-2,5-6,8-11,16H,3-4,7,12-13H2. The van der Waals surface area contributed by atoms with E-state index in [1.165, 1.54) is 0 Å². The van der Waals surface area contributed by atoms with Gasteiger partial charge >= 0.3 is 0 Å². The summed E-state index contributed by atoms with van der Waals surface area (Å²) >= 11 is 0. The van der Waals surface area contributed by atoms with Crippen LogP contribution >= 0.6 is 0 Å². The zero-order valence-corrected chi connectivity index (χ0v) is 15.6. The number of benzene rings is 1. The predicted octanol–water partition coefficient (Wildman–Crippen LogP) is 4.14. The molecule has 1 atom stereocenters. The van der Waals surface area contributed by atoms with Crippen LogP contribution in [0.3, 0.4) is 0 Å². The third-order valence-electron chi connectivity index (χ3n) is 4.89. The van der Waals surface area contributed by atoms with Gasteiger partial charge in [0.15, 0.2) is 11.6 Å². The highest BCUT2D eigenvalue weighted by atomic mass is 19.2. The van der Waals surface area contributed by atoms with Gasteiger partial charge in [-0.2, -0.15) is 0 Å². The molecule has 0 amide bonds. The van der Waals surface area contributed by atoms with E-state index in [-0.39, 0.29) is 18.2 Å². The number of hydrogen-bond donors (Lipinski definition) is 0. The van der Waals surface area contributed by atoms with Crippen LogP contribution in [0.1, 0.15) is 18.4 Å². The number of anilines is 1. The van der Waals surface area contributed by atoms with E-state index in [0.29, 0.717) is 18.6 Å². The predicted molar refractivity (Wildman–Crippen MR) is 102 cm³/mol. The molecule has 3 heterocycles. The highest BCUT2D eigenvalue weighted by molar-refractivity contribution is 5.57. The molecule has 1 aromatic carbocycles. The molecule has 29 heavy (non-hydrogen) atoms. The summed E-state index contributed by atoms with van der Waals surface area (Å²) in [4.78, 5) is 15.2. The van der Waals surface area contributed by atoms with Crippen molar-refractivity contribution >= 4 is 5.95 Å². The Morgan fingerprint density at radius 1 is 1.00 bits per heavy atom. The number of halogens is 3. The van der Waals surface area contributed by atoms with Gasteiger partial charge in [0.25, 0.3) is 0 Å². The lowest BCUT2D eigenvalue weighted by Crippen LogP contribution is -2.34. The molecule has 150 valence electrons. The van der Waals surface area contributed by atoms with Crippen LogP contribution in [0.5, 0.6) is 0 Å². The van der Waals surface area contributed by atoms with Gasteiger partial charge < -0.3 is 9.64 Å². The molecule has 0 saturated carbocycles. The second-order valence-corrected chi connectivity index (χ2v) is 6.85. The van der Waals surface area contributed by atoms with E-state index in [1.807, 2.05) is 23.1 Å². The fourth-order valence-corrected chi connectivity index (χ4v) is 3.39. The second kappa shape index (κ2) is 8.57. The molecule has 1 aliphatic rings. The molecule has 1 unspecified atom stereocenters. The molecule has 0 N–H and O–H groups in total. The highest BCUT2D eigenvalue weighted by Crippen LogP contribution is 2.24. The molecule has 4 rings (SSSR count). The van der Waals surface area contributed by atoms with Gasteiger partial charge in [0, 0.05) is 42.3 Å². The van der Waals surface area contributed by atoms with Crippen molar-refractivity contribution in [2.45, 2.75) is 25.5 Å². The van der Waals surface area contributed by atoms with Crippen LogP contribution < -0.4 is 4.90 Å². The van der Waals surface area contributed by atoms with E-state index in [0.717, 1.165) is 36.7 Å². The molecular weight excluding hydrogens is 381 g/mol. The highest BCUT2D eigenvalue weighted by Gasteiger charge is 2.27. The minimum atomic E-state index is -1.21. The monoisotopic (exact) mass is 400 g/mol. The van der Waals surface area contributed by atoms with Crippen molar-refractivity contribution < 1.29 is 17.9 Å². The van der Waals surface area contributed by atoms with Gasteiger partial charge in [-0.05, 0) is 31.0 Å². The first-order chi connectivity index (χ1) is 14.1. The average Bonchev–Trinajstić information content (AvgIpc) is 3.21. The van der Waals surface area contributed by atoms with Crippen LogP contribution in [0.2, 0.25) is 0 Å². The SMILES string of the molecule is Fc1cc(F)c(COCC2CCCN2c2ncc(-c3ccccn3)cn2)cc1F. The Bertz CT molecular complexity index is 970. The lowest BCUT2D eigenvalue weighted by Gasteiger charge is -2.24. The van der Waals surface area contributed by atoms with E-state index >= 15 is 0 Å². The first kappa shape index (κ1) is 19.3. The maximum atomic E-state index is 13.7. The molecule has 0 radical (unpaired) electrons. The number of nitrogens with zero attached hydrogens (tertiary/aromatic N) is 4. The smallest absolute Gasteiger partial charge is 0.225 e. The first-order valence-corrected chi connectivity index (χ1v) is 9.33. The van der Waals surface area contributed by atoms with E-state index < -0.39 is 17.5 Å². The average molecular weight is 400 g/mol. The molecular formula is C21H19F3N4O. The summed E-state index contributed by atoms with van der Waals surface area (Å²) in [5.74, 6) is -2.52. The second-order valence-electron chi connectivity index (χ2n) is 6.85. The van der Waals surface area contributed by atoms with Crippen molar-refractivity contribution in [3.63, 3.8) is 0 Å². The molecule has 3 aromatic rings. The van der Waals surface area contributed by atoms with Crippen LogP contribution in [0.4, 0.5) is 19.1 Å². The van der Waals surface area contributed by atoms with E-state index in [1.54, 1.807) is 18.6 Å². The maximum absolute atomic E-state index is 13.7. The first-order valence-electron chi connectivity index (χ1n) is 9.33. The Hall–Kier alpha value is -3.00. The number of hydrogen-bond acceptors (Lipinski definition) is 5. The van der Waals surface area contributed by atoms with Gasteiger partial charge in [-0.15, -0.1) is 0 Å². The largest absolute Gasteiger partial charge is 0.375 e. The Balaban J connectivity index is 1.38. The van der Waals surface area contributed by atoms with Crippen molar-refractivity contribution in [1.82, 2.24) is 15.0 Å². The fourth-order valence-electron chi connectivity index (χ4n) is 3.39. The number of aromatic nitrogens is 3. The summed E-state index contributed by atoms with van der Waals surface area (Å²) in [5.41, 5.74) is 1.62. The molecule has 5 nitrogen and oxygen atoms in total. The van der Waals surface area contributed by atoms with Crippen molar-refractivity contribution in [1.29, 1.82) is 0 Å². The quantitative estimate of drug-likeness (QED) is 0.582. The van der Waals surface area contributed by atoms with Gasteiger partial charge in [-0.1, -0.05) is 6.07 Å².